The van der Waals surface area contributed by atoms with E-state index < -0.39 is 0 Å². The van der Waals surface area contributed by atoms with Crippen LogP contribution in [0.1, 0.15) is 30.5 Å². The first-order valence-electron chi connectivity index (χ1n) is 10.4. The summed E-state index contributed by atoms with van der Waals surface area (Å²) < 4.78 is 11.6. The van der Waals surface area contributed by atoms with Gasteiger partial charge in [-0.1, -0.05) is 80.1 Å². The van der Waals surface area contributed by atoms with Crippen molar-refractivity contribution in [2.75, 3.05) is 0 Å². The van der Waals surface area contributed by atoms with Gasteiger partial charge < -0.3 is 9.47 Å². The molecular weight excluding hydrogens is 372 g/mol. The molecule has 0 saturated carbocycles. The summed E-state index contributed by atoms with van der Waals surface area (Å²) in [6, 6.07) is 25.6. The first kappa shape index (κ1) is 20.0. The molecule has 152 valence electrons. The normalized spacial score (nSPS) is 13.5. The number of benzene rings is 3. The Labute approximate surface area is 178 Å². The summed E-state index contributed by atoms with van der Waals surface area (Å²) >= 11 is 0. The van der Waals surface area contributed by atoms with Crippen molar-refractivity contribution in [2.45, 2.75) is 26.9 Å². The molecule has 1 aliphatic rings. The zero-order valence-electron chi connectivity index (χ0n) is 17.4. The fourth-order valence-electron chi connectivity index (χ4n) is 3.93. The third-order valence-corrected chi connectivity index (χ3v) is 5.37. The minimum atomic E-state index is -0.235. The monoisotopic (exact) mass is 398 g/mol. The molecule has 0 aliphatic heterocycles. The Hall–Kier alpha value is -3.33. The Balaban J connectivity index is 1.41. The van der Waals surface area contributed by atoms with Crippen LogP contribution in [0.2, 0.25) is 0 Å². The number of fused-ring (bicyclic) bond motifs is 1. The zero-order chi connectivity index (χ0) is 20.9. The fourth-order valence-corrected chi connectivity index (χ4v) is 3.93. The zero-order valence-corrected chi connectivity index (χ0v) is 17.4. The van der Waals surface area contributed by atoms with Gasteiger partial charge in [0.05, 0.1) is 5.92 Å². The molecule has 0 aromatic heterocycles. The van der Waals surface area contributed by atoms with E-state index in [4.69, 9.17) is 9.47 Å². The predicted molar refractivity (Wildman–Crippen MR) is 119 cm³/mol. The highest BCUT2D eigenvalue weighted by Gasteiger charge is 2.30. The van der Waals surface area contributed by atoms with Gasteiger partial charge in [0.1, 0.15) is 18.1 Å². The van der Waals surface area contributed by atoms with Crippen LogP contribution in [0.3, 0.4) is 0 Å². The summed E-state index contributed by atoms with van der Waals surface area (Å²) in [7, 11) is 0. The van der Waals surface area contributed by atoms with E-state index in [0.29, 0.717) is 0 Å². The molecule has 0 saturated heterocycles. The van der Waals surface area contributed by atoms with Gasteiger partial charge in [-0.3, -0.25) is 4.79 Å². The van der Waals surface area contributed by atoms with Gasteiger partial charge in [-0.25, -0.2) is 0 Å². The standard InChI is InChI=1S/C27H26O3/c1-19(2)26(23-16-21-10-6-7-11-22(21)17-23)27(28)29-18-20-9-8-14-25(15-20)30-24-12-4-3-5-13-24/h3-16,19,26H,17-18H2,1-2H3. The lowest BCUT2D eigenvalue weighted by Crippen LogP contribution is -2.25. The maximum Gasteiger partial charge on any atom is 0.313 e. The van der Waals surface area contributed by atoms with Crippen LogP contribution >= 0.6 is 0 Å². The molecule has 0 radical (unpaired) electrons. The molecule has 0 bridgehead atoms. The molecule has 0 N–H and O–H groups in total. The average molecular weight is 399 g/mol. The van der Waals surface area contributed by atoms with Crippen molar-refractivity contribution in [1.29, 1.82) is 0 Å². The van der Waals surface area contributed by atoms with Crippen LogP contribution in [0.15, 0.2) is 84.4 Å². The highest BCUT2D eigenvalue weighted by Crippen LogP contribution is 2.34. The average Bonchev–Trinajstić information content (AvgIpc) is 3.16. The van der Waals surface area contributed by atoms with Crippen LogP contribution in [-0.4, -0.2) is 5.97 Å². The van der Waals surface area contributed by atoms with Gasteiger partial charge in [-0.15, -0.1) is 0 Å². The van der Waals surface area contributed by atoms with Gasteiger partial charge in [-0.05, 0) is 53.3 Å². The highest BCUT2D eigenvalue weighted by atomic mass is 16.5. The van der Waals surface area contributed by atoms with Gasteiger partial charge in [0.15, 0.2) is 0 Å². The molecule has 3 heteroatoms. The minimum Gasteiger partial charge on any atom is -0.460 e. The number of hydrogen-bond donors (Lipinski definition) is 0. The van der Waals surface area contributed by atoms with E-state index in [1.165, 1.54) is 11.1 Å². The van der Waals surface area contributed by atoms with Crippen molar-refractivity contribution in [3.63, 3.8) is 0 Å². The number of carbonyl (C=O) groups is 1. The van der Waals surface area contributed by atoms with E-state index in [1.807, 2.05) is 66.7 Å². The number of esters is 1. The number of rotatable bonds is 7. The SMILES string of the molecule is CC(C)C(C(=O)OCc1cccc(Oc2ccccc2)c1)C1=Cc2ccccc2C1. The molecule has 1 unspecified atom stereocenters. The third kappa shape index (κ3) is 4.62. The predicted octanol–water partition coefficient (Wildman–Crippen LogP) is 6.43. The third-order valence-electron chi connectivity index (χ3n) is 5.37. The van der Waals surface area contributed by atoms with Gasteiger partial charge in [0, 0.05) is 0 Å². The summed E-state index contributed by atoms with van der Waals surface area (Å²) in [6.07, 6.45) is 2.96. The number of ether oxygens (including phenoxy) is 2. The second kappa shape index (κ2) is 9.00. The van der Waals surface area contributed by atoms with Crippen LogP contribution in [0.4, 0.5) is 0 Å². The largest absolute Gasteiger partial charge is 0.460 e. The second-order valence-corrected chi connectivity index (χ2v) is 7.99. The molecule has 0 spiro atoms. The van der Waals surface area contributed by atoms with Crippen LogP contribution in [0.25, 0.3) is 6.08 Å². The molecule has 1 atom stereocenters. The molecule has 3 aromatic rings. The Kier molecular flexibility index (Phi) is 5.99. The van der Waals surface area contributed by atoms with E-state index in [1.54, 1.807) is 0 Å². The lowest BCUT2D eigenvalue weighted by Gasteiger charge is -2.21. The van der Waals surface area contributed by atoms with Crippen molar-refractivity contribution in [3.05, 3.63) is 101 Å². The Morgan fingerprint density at radius 3 is 2.40 bits per heavy atom. The van der Waals surface area contributed by atoms with E-state index in [-0.39, 0.29) is 24.4 Å². The van der Waals surface area contributed by atoms with Crippen molar-refractivity contribution in [3.8, 4) is 11.5 Å². The summed E-state index contributed by atoms with van der Waals surface area (Å²) in [5, 5.41) is 0. The Bertz CT molecular complexity index is 1050. The summed E-state index contributed by atoms with van der Waals surface area (Å²) in [4.78, 5) is 13.0. The second-order valence-electron chi connectivity index (χ2n) is 7.99. The molecular formula is C27H26O3. The molecule has 4 rings (SSSR count). The van der Waals surface area contributed by atoms with Gasteiger partial charge >= 0.3 is 5.97 Å². The molecule has 3 nitrogen and oxygen atoms in total. The Morgan fingerprint density at radius 2 is 1.63 bits per heavy atom. The molecule has 0 amide bonds. The number of carbonyl (C=O) groups excluding carboxylic acids is 1. The summed E-state index contributed by atoms with van der Waals surface area (Å²) in [5.74, 6) is 1.27. The first-order chi connectivity index (χ1) is 14.6. The van der Waals surface area contributed by atoms with Crippen molar-refractivity contribution in [2.24, 2.45) is 11.8 Å². The van der Waals surface area contributed by atoms with Crippen LogP contribution in [-0.2, 0) is 22.6 Å². The first-order valence-corrected chi connectivity index (χ1v) is 10.4. The van der Waals surface area contributed by atoms with Gasteiger partial charge in [0.2, 0.25) is 0 Å². The van der Waals surface area contributed by atoms with E-state index in [2.05, 4.69) is 32.1 Å². The minimum absolute atomic E-state index is 0.168. The molecule has 0 heterocycles. The smallest absolute Gasteiger partial charge is 0.313 e. The van der Waals surface area contributed by atoms with Crippen LogP contribution < -0.4 is 4.74 Å². The van der Waals surface area contributed by atoms with Gasteiger partial charge in [0.25, 0.3) is 0 Å². The number of hydrogen-bond acceptors (Lipinski definition) is 3. The molecule has 3 aromatic carbocycles. The maximum atomic E-state index is 13.0. The van der Waals surface area contributed by atoms with E-state index >= 15 is 0 Å². The van der Waals surface area contributed by atoms with Crippen molar-refractivity contribution in [1.82, 2.24) is 0 Å². The highest BCUT2D eigenvalue weighted by molar-refractivity contribution is 5.80. The van der Waals surface area contributed by atoms with Crippen molar-refractivity contribution >= 4 is 12.0 Å². The summed E-state index contributed by atoms with van der Waals surface area (Å²) in [5.41, 5.74) is 4.52. The van der Waals surface area contributed by atoms with E-state index in [9.17, 15) is 4.79 Å². The fraction of sp³-hybridized carbons (Fsp3) is 0.222. The van der Waals surface area contributed by atoms with Crippen molar-refractivity contribution < 1.29 is 14.3 Å². The Morgan fingerprint density at radius 1 is 0.900 bits per heavy atom. The molecule has 1 aliphatic carbocycles. The quantitative estimate of drug-likeness (QED) is 0.430. The molecule has 30 heavy (non-hydrogen) atoms. The maximum absolute atomic E-state index is 13.0. The van der Waals surface area contributed by atoms with Crippen LogP contribution in [0, 0.1) is 11.8 Å². The lowest BCUT2D eigenvalue weighted by atomic mass is 9.87. The lowest BCUT2D eigenvalue weighted by molar-refractivity contribution is -0.149. The van der Waals surface area contributed by atoms with E-state index in [0.717, 1.165) is 29.1 Å². The number of para-hydroxylation sites is 1. The van der Waals surface area contributed by atoms with Gasteiger partial charge in [-0.2, -0.15) is 0 Å². The molecule has 0 fully saturated rings. The topological polar surface area (TPSA) is 35.5 Å². The van der Waals surface area contributed by atoms with Crippen LogP contribution in [0.5, 0.6) is 11.5 Å². The summed E-state index contributed by atoms with van der Waals surface area (Å²) in [6.45, 7) is 4.38.